The molecule has 1 aromatic carbocycles. The zero-order chi connectivity index (χ0) is 16.2. The molecule has 122 valence electrons. The highest BCUT2D eigenvalue weighted by atomic mass is 16.5. The standard InChI is InChI=1S/C16H19N3O4/c1-22-11-16(21)19-8-6-18(7-9-19)15(20)10-13-12-4-2-3-5-14(12)23-17-13/h2-5H,6-11H2,1H3. The first kappa shape index (κ1) is 15.5. The van der Waals surface area contributed by atoms with Crippen LogP contribution in [0.15, 0.2) is 28.8 Å². The van der Waals surface area contributed by atoms with Crippen molar-refractivity contribution in [2.75, 3.05) is 39.9 Å². The second-order valence-corrected chi connectivity index (χ2v) is 5.50. The number of benzene rings is 1. The molecule has 0 spiro atoms. The Morgan fingerprint density at radius 1 is 1.13 bits per heavy atom. The molecule has 0 unspecified atom stereocenters. The van der Waals surface area contributed by atoms with Crippen LogP contribution in [0, 0.1) is 0 Å². The molecule has 0 radical (unpaired) electrons. The van der Waals surface area contributed by atoms with Crippen LogP contribution >= 0.6 is 0 Å². The zero-order valence-electron chi connectivity index (χ0n) is 13.0. The molecule has 0 aliphatic carbocycles. The van der Waals surface area contributed by atoms with E-state index >= 15 is 0 Å². The number of para-hydroxylation sites is 1. The minimum absolute atomic E-state index is 0.00268. The maximum absolute atomic E-state index is 12.4. The molecule has 1 aliphatic heterocycles. The van der Waals surface area contributed by atoms with Crippen LogP contribution in [0.25, 0.3) is 11.0 Å². The molecule has 1 aromatic heterocycles. The second kappa shape index (κ2) is 6.78. The predicted octanol–water partition coefficient (Wildman–Crippen LogP) is 0.687. The number of rotatable bonds is 4. The number of ether oxygens (including phenoxy) is 1. The molecule has 2 amide bonds. The lowest BCUT2D eigenvalue weighted by atomic mass is 10.1. The Hall–Kier alpha value is -2.41. The first-order valence-corrected chi connectivity index (χ1v) is 7.57. The SMILES string of the molecule is COCC(=O)N1CCN(C(=O)Cc2noc3ccccc23)CC1. The number of piperazine rings is 1. The molecule has 2 aromatic rings. The average molecular weight is 317 g/mol. The van der Waals surface area contributed by atoms with Gasteiger partial charge in [-0.2, -0.15) is 0 Å². The molecule has 1 fully saturated rings. The van der Waals surface area contributed by atoms with Crippen molar-refractivity contribution in [2.24, 2.45) is 0 Å². The van der Waals surface area contributed by atoms with E-state index in [1.807, 2.05) is 24.3 Å². The van der Waals surface area contributed by atoms with Crippen LogP contribution in [0.3, 0.4) is 0 Å². The number of fused-ring (bicyclic) bond motifs is 1. The lowest BCUT2D eigenvalue weighted by molar-refractivity contribution is -0.141. The third kappa shape index (κ3) is 3.34. The van der Waals surface area contributed by atoms with Crippen molar-refractivity contribution >= 4 is 22.8 Å². The van der Waals surface area contributed by atoms with Gasteiger partial charge in [-0.15, -0.1) is 0 Å². The van der Waals surface area contributed by atoms with E-state index in [1.54, 1.807) is 9.80 Å². The van der Waals surface area contributed by atoms with Gasteiger partial charge in [0.15, 0.2) is 5.58 Å². The van der Waals surface area contributed by atoms with Crippen molar-refractivity contribution in [1.82, 2.24) is 15.0 Å². The number of methoxy groups -OCH3 is 1. The van der Waals surface area contributed by atoms with Gasteiger partial charge in [-0.25, -0.2) is 0 Å². The summed E-state index contributed by atoms with van der Waals surface area (Å²) in [5, 5.41) is 4.86. The Morgan fingerprint density at radius 3 is 2.48 bits per heavy atom. The minimum atomic E-state index is -0.0397. The number of hydrogen-bond donors (Lipinski definition) is 0. The maximum atomic E-state index is 12.4. The lowest BCUT2D eigenvalue weighted by Crippen LogP contribution is -2.51. The minimum Gasteiger partial charge on any atom is -0.375 e. The van der Waals surface area contributed by atoms with Crippen LogP contribution in [0.4, 0.5) is 0 Å². The molecular formula is C16H19N3O4. The summed E-state index contributed by atoms with van der Waals surface area (Å²) in [6.45, 7) is 2.22. The Balaban J connectivity index is 1.59. The molecule has 0 saturated carbocycles. The lowest BCUT2D eigenvalue weighted by Gasteiger charge is -2.34. The fourth-order valence-corrected chi connectivity index (χ4v) is 2.74. The Kier molecular flexibility index (Phi) is 4.57. The topological polar surface area (TPSA) is 75.9 Å². The van der Waals surface area contributed by atoms with Crippen molar-refractivity contribution in [2.45, 2.75) is 6.42 Å². The first-order chi connectivity index (χ1) is 11.2. The van der Waals surface area contributed by atoms with E-state index in [4.69, 9.17) is 9.26 Å². The molecule has 0 atom stereocenters. The van der Waals surface area contributed by atoms with E-state index in [1.165, 1.54) is 7.11 Å². The Morgan fingerprint density at radius 2 is 1.78 bits per heavy atom. The normalized spacial score (nSPS) is 15.2. The van der Waals surface area contributed by atoms with E-state index in [0.717, 1.165) is 5.39 Å². The second-order valence-electron chi connectivity index (χ2n) is 5.50. The van der Waals surface area contributed by atoms with Crippen molar-refractivity contribution < 1.29 is 18.8 Å². The first-order valence-electron chi connectivity index (χ1n) is 7.57. The van der Waals surface area contributed by atoms with E-state index < -0.39 is 0 Å². The largest absolute Gasteiger partial charge is 0.375 e. The van der Waals surface area contributed by atoms with Gasteiger partial charge in [0.25, 0.3) is 0 Å². The maximum Gasteiger partial charge on any atom is 0.248 e. The summed E-state index contributed by atoms with van der Waals surface area (Å²) in [5.41, 5.74) is 1.34. The molecule has 1 saturated heterocycles. The summed E-state index contributed by atoms with van der Waals surface area (Å²) < 4.78 is 10.1. The van der Waals surface area contributed by atoms with Gasteiger partial charge in [-0.05, 0) is 12.1 Å². The number of hydrogen-bond acceptors (Lipinski definition) is 5. The van der Waals surface area contributed by atoms with Gasteiger partial charge < -0.3 is 19.1 Å². The average Bonchev–Trinajstić information content (AvgIpc) is 2.98. The molecule has 0 N–H and O–H groups in total. The van der Waals surface area contributed by atoms with Gasteiger partial charge in [0.1, 0.15) is 12.3 Å². The number of nitrogens with zero attached hydrogens (tertiary/aromatic N) is 3. The van der Waals surface area contributed by atoms with Crippen molar-refractivity contribution in [3.63, 3.8) is 0 Å². The fraction of sp³-hybridized carbons (Fsp3) is 0.438. The molecule has 1 aliphatic rings. The van der Waals surface area contributed by atoms with Gasteiger partial charge in [0, 0.05) is 38.7 Å². The number of amides is 2. The van der Waals surface area contributed by atoms with Crippen molar-refractivity contribution in [3.05, 3.63) is 30.0 Å². The van der Waals surface area contributed by atoms with Crippen molar-refractivity contribution in [3.8, 4) is 0 Å². The highest BCUT2D eigenvalue weighted by Gasteiger charge is 2.25. The summed E-state index contributed by atoms with van der Waals surface area (Å²) in [7, 11) is 1.50. The number of carbonyl (C=O) groups excluding carboxylic acids is 2. The predicted molar refractivity (Wildman–Crippen MR) is 82.7 cm³/mol. The van der Waals surface area contributed by atoms with Crippen LogP contribution < -0.4 is 0 Å². The van der Waals surface area contributed by atoms with Crippen LogP contribution in [0.1, 0.15) is 5.69 Å². The van der Waals surface area contributed by atoms with E-state index in [2.05, 4.69) is 5.16 Å². The van der Waals surface area contributed by atoms with Gasteiger partial charge >= 0.3 is 0 Å². The smallest absolute Gasteiger partial charge is 0.248 e. The van der Waals surface area contributed by atoms with Crippen LogP contribution in [0.2, 0.25) is 0 Å². The molecular weight excluding hydrogens is 298 g/mol. The molecule has 3 rings (SSSR count). The number of carbonyl (C=O) groups is 2. The van der Waals surface area contributed by atoms with Crippen LogP contribution in [-0.2, 0) is 20.7 Å². The van der Waals surface area contributed by atoms with Gasteiger partial charge in [-0.3, -0.25) is 9.59 Å². The fourth-order valence-electron chi connectivity index (χ4n) is 2.74. The summed E-state index contributed by atoms with van der Waals surface area (Å²) in [4.78, 5) is 27.7. The van der Waals surface area contributed by atoms with Gasteiger partial charge in [0.2, 0.25) is 11.8 Å². The summed E-state index contributed by atoms with van der Waals surface area (Å²) in [5.74, 6) is -0.0370. The van der Waals surface area contributed by atoms with Gasteiger partial charge in [-0.1, -0.05) is 17.3 Å². The quantitative estimate of drug-likeness (QED) is 0.829. The summed E-state index contributed by atoms with van der Waals surface area (Å²) >= 11 is 0. The highest BCUT2D eigenvalue weighted by molar-refractivity contribution is 5.86. The molecule has 7 heteroatoms. The summed E-state index contributed by atoms with van der Waals surface area (Å²) in [6, 6.07) is 7.50. The highest BCUT2D eigenvalue weighted by Crippen LogP contribution is 2.19. The molecule has 0 bridgehead atoms. The third-order valence-electron chi connectivity index (χ3n) is 4.02. The summed E-state index contributed by atoms with van der Waals surface area (Å²) in [6.07, 6.45) is 0.211. The van der Waals surface area contributed by atoms with Crippen molar-refractivity contribution in [1.29, 1.82) is 0 Å². The molecule has 7 nitrogen and oxygen atoms in total. The zero-order valence-corrected chi connectivity index (χ0v) is 13.0. The number of aromatic nitrogens is 1. The Labute approximate surface area is 133 Å². The molecule has 2 heterocycles. The van der Waals surface area contributed by atoms with Gasteiger partial charge in [0.05, 0.1) is 6.42 Å². The van der Waals surface area contributed by atoms with E-state index in [9.17, 15) is 9.59 Å². The van der Waals surface area contributed by atoms with E-state index in [0.29, 0.717) is 37.5 Å². The van der Waals surface area contributed by atoms with Crippen LogP contribution in [-0.4, -0.2) is 66.7 Å². The van der Waals surface area contributed by atoms with Crippen LogP contribution in [0.5, 0.6) is 0 Å². The third-order valence-corrected chi connectivity index (χ3v) is 4.02. The molecule has 23 heavy (non-hydrogen) atoms. The van der Waals surface area contributed by atoms with E-state index in [-0.39, 0.29) is 24.8 Å². The Bertz CT molecular complexity index is 704. The monoisotopic (exact) mass is 317 g/mol.